The molecule has 0 saturated carbocycles. The van der Waals surface area contributed by atoms with E-state index in [-0.39, 0.29) is 5.75 Å². The van der Waals surface area contributed by atoms with E-state index < -0.39 is 9.84 Å². The third kappa shape index (κ3) is 3.91. The first-order valence-corrected chi connectivity index (χ1v) is 8.37. The van der Waals surface area contributed by atoms with Crippen LogP contribution in [0.4, 0.5) is 0 Å². The van der Waals surface area contributed by atoms with Crippen LogP contribution in [0.15, 0.2) is 30.3 Å². The minimum absolute atomic E-state index is 0.129. The van der Waals surface area contributed by atoms with Crippen molar-refractivity contribution in [3.8, 4) is 5.75 Å². The highest BCUT2D eigenvalue weighted by Crippen LogP contribution is 2.23. The lowest BCUT2D eigenvalue weighted by molar-refractivity contribution is 0.419. The van der Waals surface area contributed by atoms with Crippen molar-refractivity contribution < 1.29 is 13.2 Å². The summed E-state index contributed by atoms with van der Waals surface area (Å²) in [5.74, 6) is 0.865. The van der Waals surface area contributed by atoms with Crippen molar-refractivity contribution in [1.82, 2.24) is 10.3 Å². The van der Waals surface area contributed by atoms with E-state index in [9.17, 15) is 8.42 Å². The predicted molar refractivity (Wildman–Crippen MR) is 79.7 cm³/mol. The zero-order chi connectivity index (χ0) is 14.6. The molecule has 0 unspecified atom stereocenters. The lowest BCUT2D eigenvalue weighted by atomic mass is 10.2. The fourth-order valence-electron chi connectivity index (χ4n) is 1.90. The van der Waals surface area contributed by atoms with Gasteiger partial charge in [0, 0.05) is 24.7 Å². The molecule has 0 amide bonds. The second-order valence-corrected chi connectivity index (χ2v) is 6.90. The Morgan fingerprint density at radius 3 is 2.75 bits per heavy atom. The normalized spacial score (nSPS) is 11.7. The number of hydrogen-bond acceptors (Lipinski definition) is 5. The first kappa shape index (κ1) is 14.7. The maximum atomic E-state index is 11.0. The van der Waals surface area contributed by atoms with Gasteiger partial charge in [-0.05, 0) is 12.1 Å². The van der Waals surface area contributed by atoms with Crippen LogP contribution in [0.3, 0.4) is 0 Å². The Morgan fingerprint density at radius 1 is 1.25 bits per heavy atom. The van der Waals surface area contributed by atoms with E-state index in [1.165, 1.54) is 6.26 Å². The van der Waals surface area contributed by atoms with Crippen molar-refractivity contribution >= 4 is 20.7 Å². The smallest absolute Gasteiger partial charge is 0.148 e. The van der Waals surface area contributed by atoms with Gasteiger partial charge < -0.3 is 10.1 Å². The van der Waals surface area contributed by atoms with Crippen molar-refractivity contribution in [3.63, 3.8) is 0 Å². The zero-order valence-electron chi connectivity index (χ0n) is 11.6. The summed E-state index contributed by atoms with van der Waals surface area (Å²) in [6, 6.07) is 9.68. The fraction of sp³-hybridized carbons (Fsp3) is 0.357. The quantitative estimate of drug-likeness (QED) is 0.815. The van der Waals surface area contributed by atoms with E-state index in [4.69, 9.17) is 4.74 Å². The fourth-order valence-corrected chi connectivity index (χ4v) is 2.41. The average molecular weight is 294 g/mol. The molecule has 2 rings (SSSR count). The number of hydrogen-bond donors (Lipinski definition) is 1. The van der Waals surface area contributed by atoms with E-state index in [2.05, 4.69) is 10.3 Å². The van der Waals surface area contributed by atoms with E-state index in [0.29, 0.717) is 13.1 Å². The summed E-state index contributed by atoms with van der Waals surface area (Å²) in [5.41, 5.74) is 1.67. The summed E-state index contributed by atoms with van der Waals surface area (Å²) in [7, 11) is -1.31. The van der Waals surface area contributed by atoms with E-state index >= 15 is 0 Å². The molecule has 0 aliphatic rings. The Bertz CT molecular complexity index is 699. The molecule has 5 nitrogen and oxygen atoms in total. The number of nitrogens with one attached hydrogen (secondary N) is 1. The second-order valence-electron chi connectivity index (χ2n) is 4.64. The maximum Gasteiger partial charge on any atom is 0.148 e. The van der Waals surface area contributed by atoms with Gasteiger partial charge in [0.1, 0.15) is 21.1 Å². The van der Waals surface area contributed by atoms with Gasteiger partial charge >= 0.3 is 0 Å². The predicted octanol–water partition coefficient (Wildman–Crippen LogP) is 1.38. The van der Waals surface area contributed by atoms with Crippen LogP contribution < -0.4 is 10.1 Å². The Morgan fingerprint density at radius 2 is 2.05 bits per heavy atom. The summed E-state index contributed by atoms with van der Waals surface area (Å²) < 4.78 is 27.3. The largest absolute Gasteiger partial charge is 0.494 e. The summed E-state index contributed by atoms with van der Waals surface area (Å²) in [6.07, 6.45) is 1.23. The van der Waals surface area contributed by atoms with Gasteiger partial charge in [-0.25, -0.2) is 13.4 Å². The minimum Gasteiger partial charge on any atom is -0.494 e. The number of rotatable bonds is 6. The van der Waals surface area contributed by atoms with Gasteiger partial charge in [-0.2, -0.15) is 0 Å². The molecule has 0 atom stereocenters. The van der Waals surface area contributed by atoms with Crippen LogP contribution in [0.2, 0.25) is 0 Å². The van der Waals surface area contributed by atoms with Crippen LogP contribution in [-0.2, 0) is 16.4 Å². The summed E-state index contributed by atoms with van der Waals surface area (Å²) in [6.45, 7) is 0.952. The molecular formula is C14H18N2O3S. The molecular weight excluding hydrogens is 276 g/mol. The highest BCUT2D eigenvalue weighted by Gasteiger charge is 2.05. The van der Waals surface area contributed by atoms with Crippen molar-refractivity contribution in [2.45, 2.75) is 6.54 Å². The van der Waals surface area contributed by atoms with Crippen LogP contribution in [0.25, 0.3) is 10.9 Å². The van der Waals surface area contributed by atoms with Gasteiger partial charge in [0.25, 0.3) is 0 Å². The van der Waals surface area contributed by atoms with Crippen LogP contribution in [0.1, 0.15) is 5.69 Å². The molecule has 0 saturated heterocycles. The van der Waals surface area contributed by atoms with Gasteiger partial charge in [-0.15, -0.1) is 0 Å². The first-order chi connectivity index (χ1) is 9.49. The molecule has 108 valence electrons. The van der Waals surface area contributed by atoms with Crippen molar-refractivity contribution in [2.75, 3.05) is 25.7 Å². The monoisotopic (exact) mass is 294 g/mol. The molecule has 0 bridgehead atoms. The van der Waals surface area contributed by atoms with Crippen molar-refractivity contribution in [2.24, 2.45) is 0 Å². The van der Waals surface area contributed by atoms with Crippen molar-refractivity contribution in [1.29, 1.82) is 0 Å². The molecule has 0 aliphatic carbocycles. The highest BCUT2D eigenvalue weighted by molar-refractivity contribution is 7.90. The summed E-state index contributed by atoms with van der Waals surface area (Å²) in [5, 5.41) is 4.10. The van der Waals surface area contributed by atoms with Crippen LogP contribution in [-0.4, -0.2) is 39.1 Å². The number of fused-ring (bicyclic) bond motifs is 1. The maximum absolute atomic E-state index is 11.0. The third-order valence-electron chi connectivity index (χ3n) is 2.92. The Hall–Kier alpha value is -1.66. The molecule has 2 aromatic rings. The molecule has 6 heteroatoms. The number of sulfone groups is 1. The zero-order valence-corrected chi connectivity index (χ0v) is 12.4. The Kier molecular flexibility index (Phi) is 4.57. The van der Waals surface area contributed by atoms with E-state index in [1.807, 2.05) is 30.3 Å². The minimum atomic E-state index is -2.93. The van der Waals surface area contributed by atoms with Crippen molar-refractivity contribution in [3.05, 3.63) is 36.0 Å². The topological polar surface area (TPSA) is 68.3 Å². The van der Waals surface area contributed by atoms with Gasteiger partial charge in [0.05, 0.1) is 18.6 Å². The number of aromatic nitrogens is 1. The molecule has 1 aromatic carbocycles. The number of para-hydroxylation sites is 1. The average Bonchev–Trinajstić information content (AvgIpc) is 2.41. The standard InChI is InChI=1S/C14H18N2O3S/c1-19-13-5-3-4-11-6-7-12(16-14(11)13)10-15-8-9-20(2,17)18/h3-7,15H,8-10H2,1-2H3. The Balaban J connectivity index is 2.08. The molecule has 1 heterocycles. The van der Waals surface area contributed by atoms with Gasteiger partial charge in [-0.3, -0.25) is 0 Å². The van der Waals surface area contributed by atoms with Crippen LogP contribution >= 0.6 is 0 Å². The Labute approximate surface area is 118 Å². The molecule has 0 aliphatic heterocycles. The number of benzene rings is 1. The lowest BCUT2D eigenvalue weighted by Crippen LogP contribution is -2.22. The molecule has 0 spiro atoms. The molecule has 20 heavy (non-hydrogen) atoms. The van der Waals surface area contributed by atoms with E-state index in [0.717, 1.165) is 22.3 Å². The number of ether oxygens (including phenoxy) is 1. The molecule has 1 aromatic heterocycles. The van der Waals surface area contributed by atoms with Gasteiger partial charge in [0.2, 0.25) is 0 Å². The molecule has 0 radical (unpaired) electrons. The summed E-state index contributed by atoms with van der Waals surface area (Å²) in [4.78, 5) is 4.54. The number of pyridine rings is 1. The molecule has 0 fully saturated rings. The molecule has 1 N–H and O–H groups in total. The SMILES string of the molecule is COc1cccc2ccc(CNCCS(C)(=O)=O)nc12. The number of methoxy groups -OCH3 is 1. The van der Waals surface area contributed by atoms with Gasteiger partial charge in [-0.1, -0.05) is 18.2 Å². The number of nitrogens with zero attached hydrogens (tertiary/aromatic N) is 1. The second kappa shape index (κ2) is 6.19. The highest BCUT2D eigenvalue weighted by atomic mass is 32.2. The van der Waals surface area contributed by atoms with E-state index in [1.54, 1.807) is 7.11 Å². The third-order valence-corrected chi connectivity index (χ3v) is 3.86. The van der Waals surface area contributed by atoms with Crippen LogP contribution in [0.5, 0.6) is 5.75 Å². The lowest BCUT2D eigenvalue weighted by Gasteiger charge is -2.07. The van der Waals surface area contributed by atoms with Crippen LogP contribution in [0, 0.1) is 0 Å². The first-order valence-electron chi connectivity index (χ1n) is 6.31. The summed E-state index contributed by atoms with van der Waals surface area (Å²) >= 11 is 0. The van der Waals surface area contributed by atoms with Gasteiger partial charge in [0.15, 0.2) is 0 Å².